The van der Waals surface area contributed by atoms with Gasteiger partial charge in [-0.3, -0.25) is 10.1 Å². The lowest BCUT2D eigenvalue weighted by Gasteiger charge is -2.12. The summed E-state index contributed by atoms with van der Waals surface area (Å²) in [5, 5.41) is 6.00. The number of aryl methyl sites for hydroxylation is 2. The quantitative estimate of drug-likeness (QED) is 0.423. The van der Waals surface area contributed by atoms with Gasteiger partial charge in [0.1, 0.15) is 5.75 Å². The Kier molecular flexibility index (Phi) is 7.36. The summed E-state index contributed by atoms with van der Waals surface area (Å²) >= 11 is 5.28. The van der Waals surface area contributed by atoms with Gasteiger partial charge in [-0.25, -0.2) is 0 Å². The van der Waals surface area contributed by atoms with E-state index in [2.05, 4.69) is 22.8 Å². The molecule has 0 atom stereocenters. The smallest absolute Gasteiger partial charge is 0.257 e. The van der Waals surface area contributed by atoms with Crippen LogP contribution in [0.15, 0.2) is 78.9 Å². The van der Waals surface area contributed by atoms with Crippen LogP contribution in [-0.2, 0) is 6.42 Å². The van der Waals surface area contributed by atoms with Gasteiger partial charge in [-0.2, -0.15) is 0 Å². The number of rotatable bonds is 7. The van der Waals surface area contributed by atoms with E-state index < -0.39 is 0 Å². The maximum atomic E-state index is 12.4. The molecule has 3 rings (SSSR count). The van der Waals surface area contributed by atoms with Crippen LogP contribution in [0.25, 0.3) is 0 Å². The molecule has 0 heterocycles. The standard InChI is InChI=1S/C24H24N2O2S/c1-18-9-5-6-15-22(18)23(27)26-24(29)25-20-13-7-14-21(17-20)28-16-8-12-19-10-3-2-4-11-19/h2-7,9-11,13-15,17H,8,12,16H2,1H3,(H2,25,26,27,29). The van der Waals surface area contributed by atoms with Crippen molar-refractivity contribution in [1.29, 1.82) is 0 Å². The van der Waals surface area contributed by atoms with Crippen molar-refractivity contribution in [2.24, 2.45) is 0 Å². The van der Waals surface area contributed by atoms with Gasteiger partial charge in [0.05, 0.1) is 6.61 Å². The van der Waals surface area contributed by atoms with Gasteiger partial charge in [0.15, 0.2) is 5.11 Å². The van der Waals surface area contributed by atoms with Crippen molar-refractivity contribution in [3.05, 3.63) is 95.6 Å². The summed E-state index contributed by atoms with van der Waals surface area (Å²) in [5.74, 6) is 0.532. The molecule has 29 heavy (non-hydrogen) atoms. The predicted molar refractivity (Wildman–Crippen MR) is 122 cm³/mol. The first-order valence-electron chi connectivity index (χ1n) is 9.56. The molecule has 0 aliphatic rings. The Bertz CT molecular complexity index is 973. The summed E-state index contributed by atoms with van der Waals surface area (Å²) in [7, 11) is 0. The number of ether oxygens (including phenoxy) is 1. The average Bonchev–Trinajstić information content (AvgIpc) is 2.72. The van der Waals surface area contributed by atoms with Crippen molar-refractivity contribution in [3.63, 3.8) is 0 Å². The lowest BCUT2D eigenvalue weighted by atomic mass is 10.1. The third kappa shape index (κ3) is 6.43. The van der Waals surface area contributed by atoms with Crippen LogP contribution in [0.1, 0.15) is 27.9 Å². The molecule has 0 unspecified atom stereocenters. The summed E-state index contributed by atoms with van der Waals surface area (Å²) < 4.78 is 5.85. The molecule has 3 aromatic carbocycles. The second-order valence-electron chi connectivity index (χ2n) is 6.69. The van der Waals surface area contributed by atoms with Gasteiger partial charge in [0.25, 0.3) is 5.91 Å². The largest absolute Gasteiger partial charge is 0.494 e. The molecular weight excluding hydrogens is 380 g/mol. The molecule has 148 valence electrons. The molecule has 0 saturated carbocycles. The number of anilines is 1. The number of amides is 1. The number of thiocarbonyl (C=S) groups is 1. The van der Waals surface area contributed by atoms with Gasteiger partial charge < -0.3 is 10.1 Å². The SMILES string of the molecule is Cc1ccccc1C(=O)NC(=S)Nc1cccc(OCCCc2ccccc2)c1. The molecule has 2 N–H and O–H groups in total. The molecule has 5 heteroatoms. The molecule has 1 amide bonds. The maximum Gasteiger partial charge on any atom is 0.257 e. The van der Waals surface area contributed by atoms with Crippen LogP contribution < -0.4 is 15.4 Å². The molecule has 0 aliphatic carbocycles. The molecule has 0 radical (unpaired) electrons. The van der Waals surface area contributed by atoms with E-state index in [4.69, 9.17) is 17.0 Å². The third-order valence-corrected chi connectivity index (χ3v) is 4.63. The molecule has 4 nitrogen and oxygen atoms in total. The Balaban J connectivity index is 1.48. The van der Waals surface area contributed by atoms with Crippen molar-refractivity contribution in [3.8, 4) is 5.75 Å². The fourth-order valence-corrected chi connectivity index (χ4v) is 3.15. The summed E-state index contributed by atoms with van der Waals surface area (Å²) in [4.78, 5) is 12.4. The Hall–Kier alpha value is -3.18. The number of carbonyl (C=O) groups is 1. The van der Waals surface area contributed by atoms with E-state index in [1.54, 1.807) is 6.07 Å². The highest BCUT2D eigenvalue weighted by molar-refractivity contribution is 7.80. The molecule has 3 aromatic rings. The zero-order valence-electron chi connectivity index (χ0n) is 16.4. The lowest BCUT2D eigenvalue weighted by Crippen LogP contribution is -2.34. The highest BCUT2D eigenvalue weighted by atomic mass is 32.1. The van der Waals surface area contributed by atoms with Crippen LogP contribution >= 0.6 is 12.2 Å². The van der Waals surface area contributed by atoms with Gasteiger partial charge in [0, 0.05) is 17.3 Å². The normalized spacial score (nSPS) is 10.2. The van der Waals surface area contributed by atoms with E-state index >= 15 is 0 Å². The first kappa shape index (κ1) is 20.6. The van der Waals surface area contributed by atoms with Crippen LogP contribution in [0.5, 0.6) is 5.75 Å². The summed E-state index contributed by atoms with van der Waals surface area (Å²) in [5.41, 5.74) is 3.58. The minimum Gasteiger partial charge on any atom is -0.494 e. The molecular formula is C24H24N2O2S. The first-order valence-corrected chi connectivity index (χ1v) is 9.97. The van der Waals surface area contributed by atoms with E-state index in [9.17, 15) is 4.79 Å². The van der Waals surface area contributed by atoms with Crippen LogP contribution in [0, 0.1) is 6.92 Å². The summed E-state index contributed by atoms with van der Waals surface area (Å²) in [6, 6.07) is 25.3. The topological polar surface area (TPSA) is 50.4 Å². The Morgan fingerprint density at radius 2 is 1.72 bits per heavy atom. The Labute approximate surface area is 176 Å². The van der Waals surface area contributed by atoms with Crippen molar-refractivity contribution in [1.82, 2.24) is 5.32 Å². The van der Waals surface area contributed by atoms with Crippen LogP contribution in [-0.4, -0.2) is 17.6 Å². The van der Waals surface area contributed by atoms with Gasteiger partial charge in [-0.1, -0.05) is 54.6 Å². The number of hydrogen-bond donors (Lipinski definition) is 2. The number of nitrogens with one attached hydrogen (secondary N) is 2. The first-order chi connectivity index (χ1) is 14.1. The summed E-state index contributed by atoms with van der Waals surface area (Å²) in [6.07, 6.45) is 1.92. The van der Waals surface area contributed by atoms with Gasteiger partial charge >= 0.3 is 0 Å². The number of carbonyl (C=O) groups excluding carboxylic acids is 1. The van der Waals surface area contributed by atoms with Crippen molar-refractivity contribution >= 4 is 28.9 Å². The van der Waals surface area contributed by atoms with Crippen molar-refractivity contribution in [2.45, 2.75) is 19.8 Å². The van der Waals surface area contributed by atoms with Crippen molar-refractivity contribution in [2.75, 3.05) is 11.9 Å². The minimum absolute atomic E-state index is 0.228. The molecule has 0 fully saturated rings. The molecule has 0 spiro atoms. The molecule has 0 saturated heterocycles. The van der Waals surface area contributed by atoms with E-state index in [0.717, 1.165) is 29.8 Å². The van der Waals surface area contributed by atoms with E-state index in [-0.39, 0.29) is 11.0 Å². The fraction of sp³-hybridized carbons (Fsp3) is 0.167. The maximum absolute atomic E-state index is 12.4. The van der Waals surface area contributed by atoms with E-state index in [1.807, 2.05) is 67.6 Å². The minimum atomic E-state index is -0.228. The molecule has 0 aromatic heterocycles. The zero-order valence-corrected chi connectivity index (χ0v) is 17.2. The van der Waals surface area contributed by atoms with Gasteiger partial charge in [-0.15, -0.1) is 0 Å². The fourth-order valence-electron chi connectivity index (χ4n) is 2.94. The summed E-state index contributed by atoms with van der Waals surface area (Å²) in [6.45, 7) is 2.52. The monoisotopic (exact) mass is 404 g/mol. The lowest BCUT2D eigenvalue weighted by molar-refractivity contribution is 0.0977. The predicted octanol–water partition coefficient (Wildman–Crippen LogP) is 5.13. The highest BCUT2D eigenvalue weighted by Crippen LogP contribution is 2.18. The van der Waals surface area contributed by atoms with Crippen molar-refractivity contribution < 1.29 is 9.53 Å². The van der Waals surface area contributed by atoms with E-state index in [0.29, 0.717) is 12.2 Å². The molecule has 0 bridgehead atoms. The average molecular weight is 405 g/mol. The van der Waals surface area contributed by atoms with Crippen LogP contribution in [0.3, 0.4) is 0 Å². The second kappa shape index (κ2) is 10.4. The second-order valence-corrected chi connectivity index (χ2v) is 7.10. The van der Waals surface area contributed by atoms with Gasteiger partial charge in [-0.05, 0) is 61.3 Å². The van der Waals surface area contributed by atoms with Crippen LogP contribution in [0.2, 0.25) is 0 Å². The van der Waals surface area contributed by atoms with Crippen LogP contribution in [0.4, 0.5) is 5.69 Å². The number of hydrogen-bond acceptors (Lipinski definition) is 3. The van der Waals surface area contributed by atoms with E-state index in [1.165, 1.54) is 5.56 Å². The van der Waals surface area contributed by atoms with Gasteiger partial charge in [0.2, 0.25) is 0 Å². The Morgan fingerprint density at radius 3 is 2.52 bits per heavy atom. The Morgan fingerprint density at radius 1 is 0.966 bits per heavy atom. The highest BCUT2D eigenvalue weighted by Gasteiger charge is 2.10. The number of benzene rings is 3. The zero-order chi connectivity index (χ0) is 20.5. The third-order valence-electron chi connectivity index (χ3n) is 4.43. The molecule has 0 aliphatic heterocycles.